The molecular formula is C27H22N4O. The number of nitrogens with one attached hydrogen (secondary N) is 2. The molecule has 156 valence electrons. The molecule has 0 saturated carbocycles. The molecule has 0 atom stereocenters. The van der Waals surface area contributed by atoms with Gasteiger partial charge in [-0.3, -0.25) is 10.1 Å². The minimum absolute atomic E-state index is 0.444. The summed E-state index contributed by atoms with van der Waals surface area (Å²) in [5.41, 5.74) is 6.03. The quantitative estimate of drug-likeness (QED) is 0.330. The summed E-state index contributed by atoms with van der Waals surface area (Å²) >= 11 is 0. The highest BCUT2D eigenvalue weighted by molar-refractivity contribution is 5.91. The molecule has 0 fully saturated rings. The number of para-hydroxylation sites is 1. The van der Waals surface area contributed by atoms with Crippen LogP contribution in [0.5, 0.6) is 5.75 Å². The maximum Gasteiger partial charge on any atom is 0.130 e. The fourth-order valence-corrected chi connectivity index (χ4v) is 3.47. The van der Waals surface area contributed by atoms with Crippen molar-refractivity contribution in [3.63, 3.8) is 0 Å². The number of fused-ring (bicyclic) bond motifs is 1. The summed E-state index contributed by atoms with van der Waals surface area (Å²) in [6.45, 7) is 0.444. The van der Waals surface area contributed by atoms with Crippen LogP contribution in [0, 0.1) is 0 Å². The molecular weight excluding hydrogens is 396 g/mol. The molecule has 0 aliphatic rings. The zero-order chi connectivity index (χ0) is 21.6. The summed E-state index contributed by atoms with van der Waals surface area (Å²) in [5, 5.41) is 8.66. The largest absolute Gasteiger partial charge is 0.487 e. The number of rotatable bonds is 7. The van der Waals surface area contributed by atoms with Crippen LogP contribution in [0.15, 0.2) is 85.2 Å². The van der Waals surface area contributed by atoms with Crippen molar-refractivity contribution >= 4 is 35.2 Å². The highest BCUT2D eigenvalue weighted by Gasteiger charge is 2.01. The Morgan fingerprint density at radius 3 is 2.72 bits per heavy atom. The van der Waals surface area contributed by atoms with Gasteiger partial charge in [0.2, 0.25) is 0 Å². The second kappa shape index (κ2) is 9.18. The van der Waals surface area contributed by atoms with E-state index in [0.29, 0.717) is 6.61 Å². The van der Waals surface area contributed by atoms with Crippen LogP contribution in [0.4, 0.5) is 0 Å². The number of H-pyrrole nitrogens is 2. The number of ether oxygens (including phenoxy) is 1. The molecule has 2 aromatic carbocycles. The number of aromatic nitrogens is 4. The van der Waals surface area contributed by atoms with Crippen LogP contribution in [-0.2, 0) is 6.61 Å². The van der Waals surface area contributed by atoms with Crippen molar-refractivity contribution in [2.75, 3.05) is 0 Å². The molecule has 32 heavy (non-hydrogen) atoms. The molecule has 2 N–H and O–H groups in total. The van der Waals surface area contributed by atoms with E-state index in [1.165, 1.54) is 5.39 Å². The smallest absolute Gasteiger partial charge is 0.130 e. The van der Waals surface area contributed by atoms with Gasteiger partial charge in [0.25, 0.3) is 0 Å². The summed E-state index contributed by atoms with van der Waals surface area (Å²) < 4.78 is 5.86. The standard InChI is InChI=1S/C27H22N4O/c1-2-10-27-26(9-1)21(18-29-27)12-14-23-17-22(30-31-23)13-11-20-6-5-8-25(16-20)32-19-24-7-3-4-15-28-24/h1-18,29H,19H2,(H,30,31)/b13-11+,14-12+. The van der Waals surface area contributed by atoms with Gasteiger partial charge in [0, 0.05) is 23.3 Å². The SMILES string of the molecule is C(=C\c1cc(/C=C/c2c[nH]c3ccccc23)[nH]n1)/c1cccc(OCc2ccccn2)c1. The number of aromatic amines is 2. The predicted molar refractivity (Wildman–Crippen MR) is 130 cm³/mol. The third-order valence-corrected chi connectivity index (χ3v) is 5.10. The van der Waals surface area contributed by atoms with Crippen LogP contribution in [0.25, 0.3) is 35.2 Å². The van der Waals surface area contributed by atoms with Gasteiger partial charge in [-0.05, 0) is 59.7 Å². The zero-order valence-corrected chi connectivity index (χ0v) is 17.4. The number of benzene rings is 2. The molecule has 0 saturated heterocycles. The second-order valence-corrected chi connectivity index (χ2v) is 7.39. The molecule has 0 radical (unpaired) electrons. The van der Waals surface area contributed by atoms with E-state index in [1.54, 1.807) is 6.20 Å². The van der Waals surface area contributed by atoms with Gasteiger partial charge in [0.05, 0.1) is 17.1 Å². The first-order chi connectivity index (χ1) is 15.8. The Bertz CT molecular complexity index is 1380. The molecule has 5 heteroatoms. The Morgan fingerprint density at radius 2 is 1.78 bits per heavy atom. The molecule has 0 aliphatic carbocycles. The summed E-state index contributed by atoms with van der Waals surface area (Å²) in [7, 11) is 0. The predicted octanol–water partition coefficient (Wildman–Crippen LogP) is 6.21. The molecule has 0 bridgehead atoms. The van der Waals surface area contributed by atoms with Crippen LogP contribution in [0.2, 0.25) is 0 Å². The number of hydrogen-bond acceptors (Lipinski definition) is 3. The lowest BCUT2D eigenvalue weighted by Crippen LogP contribution is -1.97. The lowest BCUT2D eigenvalue weighted by molar-refractivity contribution is 0.301. The first-order valence-electron chi connectivity index (χ1n) is 10.4. The lowest BCUT2D eigenvalue weighted by atomic mass is 10.1. The van der Waals surface area contributed by atoms with Crippen LogP contribution >= 0.6 is 0 Å². The molecule has 3 aromatic heterocycles. The van der Waals surface area contributed by atoms with Crippen molar-refractivity contribution < 1.29 is 4.74 Å². The molecule has 0 unspecified atom stereocenters. The van der Waals surface area contributed by atoms with Gasteiger partial charge < -0.3 is 9.72 Å². The van der Waals surface area contributed by atoms with Crippen LogP contribution < -0.4 is 4.74 Å². The minimum atomic E-state index is 0.444. The van der Waals surface area contributed by atoms with Gasteiger partial charge in [0.15, 0.2) is 0 Å². The van der Waals surface area contributed by atoms with Crippen LogP contribution in [0.3, 0.4) is 0 Å². The van der Waals surface area contributed by atoms with Crippen molar-refractivity contribution in [1.29, 1.82) is 0 Å². The van der Waals surface area contributed by atoms with E-state index in [1.807, 2.05) is 85.1 Å². The summed E-state index contributed by atoms with van der Waals surface area (Å²) in [6, 6.07) is 24.0. The van der Waals surface area contributed by atoms with Gasteiger partial charge in [-0.25, -0.2) is 0 Å². The van der Waals surface area contributed by atoms with E-state index in [4.69, 9.17) is 4.74 Å². The van der Waals surface area contributed by atoms with E-state index < -0.39 is 0 Å². The highest BCUT2D eigenvalue weighted by Crippen LogP contribution is 2.20. The van der Waals surface area contributed by atoms with E-state index >= 15 is 0 Å². The molecule has 5 aromatic rings. The Hall–Kier alpha value is -4.38. The Kier molecular flexibility index (Phi) is 5.62. The number of pyridine rings is 1. The topological polar surface area (TPSA) is 66.6 Å². The average Bonchev–Trinajstić information content (AvgIpc) is 3.48. The zero-order valence-electron chi connectivity index (χ0n) is 17.4. The third kappa shape index (κ3) is 4.68. The van der Waals surface area contributed by atoms with E-state index in [9.17, 15) is 0 Å². The average molecular weight is 419 g/mol. The molecule has 5 rings (SSSR count). The number of nitrogens with zero attached hydrogens (tertiary/aromatic N) is 2. The summed E-state index contributed by atoms with van der Waals surface area (Å²) in [4.78, 5) is 7.57. The fraction of sp³-hybridized carbons (Fsp3) is 0.0370. The van der Waals surface area contributed by atoms with Crippen molar-refractivity contribution in [2.45, 2.75) is 6.61 Å². The lowest BCUT2D eigenvalue weighted by Gasteiger charge is -2.06. The first-order valence-corrected chi connectivity index (χ1v) is 10.4. The minimum Gasteiger partial charge on any atom is -0.487 e. The maximum absolute atomic E-state index is 5.86. The van der Waals surface area contributed by atoms with Crippen LogP contribution in [0.1, 0.15) is 28.2 Å². The Labute approximate surface area is 186 Å². The second-order valence-electron chi connectivity index (χ2n) is 7.39. The molecule has 0 amide bonds. The van der Waals surface area contributed by atoms with Gasteiger partial charge in [-0.2, -0.15) is 5.10 Å². The fourth-order valence-electron chi connectivity index (χ4n) is 3.47. The van der Waals surface area contributed by atoms with Gasteiger partial charge in [-0.1, -0.05) is 48.6 Å². The molecule has 3 heterocycles. The van der Waals surface area contributed by atoms with E-state index in [-0.39, 0.29) is 0 Å². The van der Waals surface area contributed by atoms with Crippen molar-refractivity contribution in [3.8, 4) is 5.75 Å². The van der Waals surface area contributed by atoms with E-state index in [2.05, 4.69) is 38.4 Å². The Morgan fingerprint density at radius 1 is 0.844 bits per heavy atom. The Balaban J connectivity index is 1.24. The summed E-state index contributed by atoms with van der Waals surface area (Å²) in [5.74, 6) is 0.808. The first kappa shape index (κ1) is 19.6. The van der Waals surface area contributed by atoms with Crippen molar-refractivity contribution in [1.82, 2.24) is 20.2 Å². The highest BCUT2D eigenvalue weighted by atomic mass is 16.5. The van der Waals surface area contributed by atoms with Crippen LogP contribution in [-0.4, -0.2) is 20.2 Å². The normalized spacial score (nSPS) is 11.6. The number of hydrogen-bond donors (Lipinski definition) is 2. The molecule has 0 spiro atoms. The maximum atomic E-state index is 5.86. The van der Waals surface area contributed by atoms with Gasteiger partial charge >= 0.3 is 0 Å². The van der Waals surface area contributed by atoms with Gasteiger partial charge in [-0.15, -0.1) is 0 Å². The van der Waals surface area contributed by atoms with Gasteiger partial charge in [0.1, 0.15) is 12.4 Å². The van der Waals surface area contributed by atoms with Crippen molar-refractivity contribution in [2.24, 2.45) is 0 Å². The molecule has 0 aliphatic heterocycles. The van der Waals surface area contributed by atoms with E-state index in [0.717, 1.165) is 39.5 Å². The van der Waals surface area contributed by atoms with Crippen molar-refractivity contribution in [3.05, 3.63) is 113 Å². The third-order valence-electron chi connectivity index (χ3n) is 5.10. The molecule has 5 nitrogen and oxygen atoms in total. The summed E-state index contributed by atoms with van der Waals surface area (Å²) in [6.07, 6.45) is 11.9. The monoisotopic (exact) mass is 418 g/mol.